The van der Waals surface area contributed by atoms with Gasteiger partial charge in [0, 0.05) is 18.7 Å². The van der Waals surface area contributed by atoms with Crippen molar-refractivity contribution >= 4 is 17.5 Å². The Balaban J connectivity index is 2.74. The number of hydrogen-bond acceptors (Lipinski definition) is 3. The lowest BCUT2D eigenvalue weighted by Gasteiger charge is -2.21. The number of benzene rings is 1. The van der Waals surface area contributed by atoms with E-state index in [1.165, 1.54) is 4.90 Å². The molecule has 5 nitrogen and oxygen atoms in total. The van der Waals surface area contributed by atoms with Crippen LogP contribution >= 0.6 is 0 Å². The maximum atomic E-state index is 11.8. The first-order valence-corrected chi connectivity index (χ1v) is 5.93. The average molecular weight is 249 g/mol. The molecule has 0 aliphatic heterocycles. The van der Waals surface area contributed by atoms with Crippen molar-refractivity contribution in [1.82, 2.24) is 4.90 Å². The van der Waals surface area contributed by atoms with Crippen LogP contribution in [-0.4, -0.2) is 23.3 Å². The first-order chi connectivity index (χ1) is 8.52. The third-order valence-corrected chi connectivity index (χ3v) is 2.52. The van der Waals surface area contributed by atoms with Gasteiger partial charge in [-0.05, 0) is 24.1 Å². The number of nitrogens with zero attached hydrogens (tertiary/aromatic N) is 1. The van der Waals surface area contributed by atoms with Crippen molar-refractivity contribution in [2.45, 2.75) is 26.3 Å². The molecule has 1 rings (SSSR count). The van der Waals surface area contributed by atoms with E-state index in [-0.39, 0.29) is 12.5 Å². The van der Waals surface area contributed by atoms with Gasteiger partial charge in [-0.25, -0.2) is 0 Å². The molecule has 98 valence electrons. The van der Waals surface area contributed by atoms with E-state index in [0.717, 1.165) is 12.0 Å². The van der Waals surface area contributed by atoms with Gasteiger partial charge in [0.15, 0.2) is 0 Å². The Morgan fingerprint density at radius 3 is 2.33 bits per heavy atom. The average Bonchev–Trinajstić information content (AvgIpc) is 2.31. The van der Waals surface area contributed by atoms with Crippen molar-refractivity contribution in [3.05, 3.63) is 29.8 Å². The summed E-state index contributed by atoms with van der Waals surface area (Å²) in [6, 6.07) is 7.20. The van der Waals surface area contributed by atoms with Gasteiger partial charge in [0.05, 0.1) is 6.54 Å². The second-order valence-electron chi connectivity index (χ2n) is 4.21. The van der Waals surface area contributed by atoms with E-state index in [1.54, 1.807) is 12.1 Å². The van der Waals surface area contributed by atoms with Crippen molar-refractivity contribution < 1.29 is 9.59 Å². The molecule has 0 radical (unpaired) electrons. The summed E-state index contributed by atoms with van der Waals surface area (Å²) in [5.74, 6) is -0.567. The Hall–Kier alpha value is -2.04. The van der Waals surface area contributed by atoms with Gasteiger partial charge in [-0.3, -0.25) is 9.59 Å². The Morgan fingerprint density at radius 2 is 1.83 bits per heavy atom. The molecule has 1 aromatic carbocycles. The second-order valence-corrected chi connectivity index (χ2v) is 4.21. The van der Waals surface area contributed by atoms with Crippen LogP contribution in [0.2, 0.25) is 0 Å². The van der Waals surface area contributed by atoms with Crippen molar-refractivity contribution in [3.8, 4) is 0 Å². The summed E-state index contributed by atoms with van der Waals surface area (Å²) in [4.78, 5) is 24.3. The van der Waals surface area contributed by atoms with Gasteiger partial charge in [0.1, 0.15) is 0 Å². The Morgan fingerprint density at radius 1 is 1.22 bits per heavy atom. The van der Waals surface area contributed by atoms with Crippen LogP contribution in [0.5, 0.6) is 0 Å². The van der Waals surface area contributed by atoms with Gasteiger partial charge >= 0.3 is 0 Å². The van der Waals surface area contributed by atoms with Crippen LogP contribution in [0.25, 0.3) is 0 Å². The SMILES string of the molecule is CCCC(=O)N(CC(N)=O)Cc1ccc(N)cc1. The van der Waals surface area contributed by atoms with Crippen LogP contribution in [0.15, 0.2) is 24.3 Å². The zero-order valence-electron chi connectivity index (χ0n) is 10.6. The quantitative estimate of drug-likeness (QED) is 0.733. The molecule has 0 spiro atoms. The number of carbonyl (C=O) groups excluding carboxylic acids is 2. The maximum absolute atomic E-state index is 11.8. The van der Waals surface area contributed by atoms with E-state index in [1.807, 2.05) is 19.1 Å². The molecule has 4 N–H and O–H groups in total. The summed E-state index contributed by atoms with van der Waals surface area (Å²) in [6.45, 7) is 2.24. The largest absolute Gasteiger partial charge is 0.399 e. The van der Waals surface area contributed by atoms with Crippen LogP contribution in [0.3, 0.4) is 0 Å². The number of hydrogen-bond donors (Lipinski definition) is 2. The topological polar surface area (TPSA) is 89.4 Å². The minimum atomic E-state index is -0.505. The molecule has 0 unspecified atom stereocenters. The summed E-state index contributed by atoms with van der Waals surface area (Å²) in [6.07, 6.45) is 1.16. The fraction of sp³-hybridized carbons (Fsp3) is 0.385. The minimum Gasteiger partial charge on any atom is -0.399 e. The number of nitrogens with two attached hydrogens (primary N) is 2. The number of anilines is 1. The molecule has 0 saturated carbocycles. The third kappa shape index (κ3) is 4.45. The smallest absolute Gasteiger partial charge is 0.237 e. The van der Waals surface area contributed by atoms with Crippen molar-refractivity contribution in [2.75, 3.05) is 12.3 Å². The molecule has 0 aliphatic rings. The molecule has 0 atom stereocenters. The number of carbonyl (C=O) groups is 2. The Labute approximate surface area is 107 Å². The second kappa shape index (κ2) is 6.64. The van der Waals surface area contributed by atoms with Gasteiger partial charge < -0.3 is 16.4 Å². The van der Waals surface area contributed by atoms with E-state index in [4.69, 9.17) is 11.5 Å². The van der Waals surface area contributed by atoms with Crippen molar-refractivity contribution in [1.29, 1.82) is 0 Å². The third-order valence-electron chi connectivity index (χ3n) is 2.52. The normalized spacial score (nSPS) is 10.1. The predicted molar refractivity (Wildman–Crippen MR) is 70.4 cm³/mol. The van der Waals surface area contributed by atoms with Gasteiger partial charge in [0.2, 0.25) is 11.8 Å². The van der Waals surface area contributed by atoms with Gasteiger partial charge in [-0.2, -0.15) is 0 Å². The van der Waals surface area contributed by atoms with E-state index >= 15 is 0 Å². The van der Waals surface area contributed by atoms with Crippen LogP contribution in [0.1, 0.15) is 25.3 Å². The number of rotatable bonds is 6. The van der Waals surface area contributed by atoms with E-state index < -0.39 is 5.91 Å². The monoisotopic (exact) mass is 249 g/mol. The summed E-state index contributed by atoms with van der Waals surface area (Å²) < 4.78 is 0. The highest BCUT2D eigenvalue weighted by atomic mass is 16.2. The maximum Gasteiger partial charge on any atom is 0.237 e. The number of primary amides is 1. The molecule has 0 fully saturated rings. The highest BCUT2D eigenvalue weighted by Crippen LogP contribution is 2.10. The highest BCUT2D eigenvalue weighted by molar-refractivity contribution is 5.83. The van der Waals surface area contributed by atoms with Crippen LogP contribution < -0.4 is 11.5 Å². The summed E-state index contributed by atoms with van der Waals surface area (Å²) in [7, 11) is 0. The zero-order chi connectivity index (χ0) is 13.5. The van der Waals surface area contributed by atoms with E-state index in [2.05, 4.69) is 0 Å². The Bertz CT molecular complexity index is 415. The molecular formula is C13H19N3O2. The van der Waals surface area contributed by atoms with Crippen molar-refractivity contribution in [3.63, 3.8) is 0 Å². The summed E-state index contributed by atoms with van der Waals surface area (Å²) >= 11 is 0. The highest BCUT2D eigenvalue weighted by Gasteiger charge is 2.15. The standard InChI is InChI=1S/C13H19N3O2/c1-2-3-13(18)16(9-12(15)17)8-10-4-6-11(14)7-5-10/h4-7H,2-3,8-9,14H2,1H3,(H2,15,17). The first-order valence-electron chi connectivity index (χ1n) is 5.93. The Kier molecular flexibility index (Phi) is 5.17. The number of amides is 2. The fourth-order valence-corrected chi connectivity index (χ4v) is 1.64. The van der Waals surface area contributed by atoms with Gasteiger partial charge in [0.25, 0.3) is 0 Å². The van der Waals surface area contributed by atoms with E-state index in [9.17, 15) is 9.59 Å². The molecule has 0 saturated heterocycles. The van der Waals surface area contributed by atoms with Crippen LogP contribution in [0.4, 0.5) is 5.69 Å². The first kappa shape index (κ1) is 14.0. The number of nitrogen functional groups attached to an aromatic ring is 1. The van der Waals surface area contributed by atoms with Gasteiger partial charge in [-0.1, -0.05) is 19.1 Å². The molecule has 0 heterocycles. The van der Waals surface area contributed by atoms with Crippen LogP contribution in [-0.2, 0) is 16.1 Å². The molecule has 1 aromatic rings. The molecule has 2 amide bonds. The summed E-state index contributed by atoms with van der Waals surface area (Å²) in [5.41, 5.74) is 12.3. The molecule has 0 aliphatic carbocycles. The van der Waals surface area contributed by atoms with Crippen LogP contribution in [0, 0.1) is 0 Å². The fourth-order valence-electron chi connectivity index (χ4n) is 1.64. The minimum absolute atomic E-state index is 0.0524. The van der Waals surface area contributed by atoms with Crippen molar-refractivity contribution in [2.24, 2.45) is 5.73 Å². The summed E-state index contributed by atoms with van der Waals surface area (Å²) in [5, 5.41) is 0. The molecule has 0 aromatic heterocycles. The lowest BCUT2D eigenvalue weighted by Crippen LogP contribution is -2.37. The van der Waals surface area contributed by atoms with Gasteiger partial charge in [-0.15, -0.1) is 0 Å². The predicted octanol–water partition coefficient (Wildman–Crippen LogP) is 0.883. The lowest BCUT2D eigenvalue weighted by atomic mass is 10.2. The molecule has 0 bridgehead atoms. The molecule has 18 heavy (non-hydrogen) atoms. The molecular weight excluding hydrogens is 230 g/mol. The zero-order valence-corrected chi connectivity index (χ0v) is 10.6. The lowest BCUT2D eigenvalue weighted by molar-refractivity contribution is -0.135. The molecule has 5 heteroatoms. The van der Waals surface area contributed by atoms with E-state index in [0.29, 0.717) is 18.7 Å².